The standard InChI is InChI=1S/C29H29F5N4O7S2/c1-15-20-14-19(36-38(20)8-7-37(15)27(39)44-28(2,3)4)24-23(22-18(31)12-16(30)13-21(22)43-10-9-42-5)25-17(6-11-46-25)26(35-24)45-47(40,41)29(32,33)34/h6,11-15H,7-10H2,1-5H3/t15-/m1/s1. The number of hydrogen-bond donors (Lipinski definition) is 0. The molecule has 3 aromatic heterocycles. The Labute approximate surface area is 269 Å². The Balaban J connectivity index is 1.75. The van der Waals surface area contributed by atoms with E-state index < -0.39 is 50.9 Å². The monoisotopic (exact) mass is 704 g/mol. The summed E-state index contributed by atoms with van der Waals surface area (Å²) >= 11 is 0.919. The number of carbonyl (C=O) groups excluding carboxylic acids is 1. The molecule has 4 heterocycles. The molecular formula is C29H29F5N4O7S2. The van der Waals surface area contributed by atoms with Crippen LogP contribution in [0.3, 0.4) is 0 Å². The van der Waals surface area contributed by atoms with E-state index in [2.05, 4.69) is 14.3 Å². The van der Waals surface area contributed by atoms with Gasteiger partial charge in [-0.05, 0) is 45.2 Å². The van der Waals surface area contributed by atoms with E-state index in [0.717, 1.165) is 17.4 Å². The first-order valence-electron chi connectivity index (χ1n) is 14.0. The maximum atomic E-state index is 15.8. The zero-order chi connectivity index (χ0) is 34.5. The van der Waals surface area contributed by atoms with Gasteiger partial charge in [-0.2, -0.15) is 26.7 Å². The molecule has 254 valence electrons. The second-order valence-corrected chi connectivity index (χ2v) is 13.9. The van der Waals surface area contributed by atoms with Crippen molar-refractivity contribution < 1.29 is 53.6 Å². The molecule has 4 aromatic rings. The number of aromatic nitrogens is 3. The number of methoxy groups -OCH3 is 1. The van der Waals surface area contributed by atoms with E-state index in [1.165, 1.54) is 34.2 Å². The van der Waals surface area contributed by atoms with Gasteiger partial charge >= 0.3 is 21.7 Å². The number of carbonyl (C=O) groups is 1. The zero-order valence-corrected chi connectivity index (χ0v) is 27.3. The molecule has 1 atom stereocenters. The SMILES string of the molecule is COCCOc1cc(F)cc(F)c1-c1c(-c2cc3n(n2)CCN(C(=O)OC(C)(C)C)[C@@H]3C)nc(OS(=O)(=O)C(F)(F)F)c2ccsc12. The van der Waals surface area contributed by atoms with Crippen molar-refractivity contribution in [2.24, 2.45) is 0 Å². The lowest BCUT2D eigenvalue weighted by atomic mass is 9.98. The fourth-order valence-electron chi connectivity index (χ4n) is 4.96. The first-order valence-corrected chi connectivity index (χ1v) is 16.3. The lowest BCUT2D eigenvalue weighted by molar-refractivity contribution is -0.0500. The van der Waals surface area contributed by atoms with Crippen molar-refractivity contribution in [3.63, 3.8) is 0 Å². The van der Waals surface area contributed by atoms with Gasteiger partial charge in [-0.1, -0.05) is 0 Å². The Morgan fingerprint density at radius 3 is 2.47 bits per heavy atom. The van der Waals surface area contributed by atoms with Gasteiger partial charge in [0.05, 0.1) is 40.5 Å². The van der Waals surface area contributed by atoms with Crippen molar-refractivity contribution in [3.8, 4) is 34.1 Å². The molecule has 11 nitrogen and oxygen atoms in total. The van der Waals surface area contributed by atoms with Crippen molar-refractivity contribution >= 4 is 37.6 Å². The molecule has 47 heavy (non-hydrogen) atoms. The Morgan fingerprint density at radius 1 is 1.09 bits per heavy atom. The van der Waals surface area contributed by atoms with Gasteiger partial charge in [-0.25, -0.2) is 18.6 Å². The first-order chi connectivity index (χ1) is 21.9. The number of benzene rings is 1. The molecule has 0 radical (unpaired) electrons. The molecule has 0 aliphatic carbocycles. The minimum atomic E-state index is -6.18. The third-order valence-corrected chi connectivity index (χ3v) is 8.86. The normalized spacial score (nSPS) is 15.5. The van der Waals surface area contributed by atoms with Gasteiger partial charge in [0.25, 0.3) is 0 Å². The molecule has 0 saturated carbocycles. The van der Waals surface area contributed by atoms with E-state index in [9.17, 15) is 30.8 Å². The number of hydrogen-bond acceptors (Lipinski definition) is 10. The van der Waals surface area contributed by atoms with E-state index in [1.807, 2.05) is 0 Å². The number of pyridine rings is 1. The summed E-state index contributed by atoms with van der Waals surface area (Å²) in [5, 5.41) is 5.77. The number of thiophene rings is 1. The minimum absolute atomic E-state index is 0.0241. The lowest BCUT2D eigenvalue weighted by Gasteiger charge is -2.35. The number of amides is 1. The van der Waals surface area contributed by atoms with Crippen LogP contribution in [0.2, 0.25) is 0 Å². The fourth-order valence-corrected chi connectivity index (χ4v) is 6.33. The second-order valence-electron chi connectivity index (χ2n) is 11.4. The van der Waals surface area contributed by atoms with Crippen LogP contribution in [0.4, 0.5) is 26.7 Å². The Kier molecular flexibility index (Phi) is 9.15. The maximum Gasteiger partial charge on any atom is 0.534 e. The van der Waals surface area contributed by atoms with E-state index in [-0.39, 0.29) is 64.7 Å². The van der Waals surface area contributed by atoms with Crippen LogP contribution in [0.1, 0.15) is 39.4 Å². The van der Waals surface area contributed by atoms with Crippen molar-refractivity contribution in [3.05, 3.63) is 47.0 Å². The molecule has 5 rings (SSSR count). The Hall–Kier alpha value is -4.03. The van der Waals surface area contributed by atoms with Crippen molar-refractivity contribution in [2.75, 3.05) is 26.9 Å². The third-order valence-electron chi connectivity index (χ3n) is 6.99. The Bertz CT molecular complexity index is 1940. The second kappa shape index (κ2) is 12.5. The van der Waals surface area contributed by atoms with Gasteiger partial charge in [0.2, 0.25) is 5.88 Å². The summed E-state index contributed by atoms with van der Waals surface area (Å²) in [6, 6.07) is 3.66. The number of rotatable bonds is 8. The number of ether oxygens (including phenoxy) is 3. The molecule has 18 heteroatoms. The van der Waals surface area contributed by atoms with Gasteiger partial charge in [-0.3, -0.25) is 9.58 Å². The van der Waals surface area contributed by atoms with Crippen LogP contribution in [0.15, 0.2) is 29.6 Å². The molecule has 0 saturated heterocycles. The van der Waals surface area contributed by atoms with Crippen molar-refractivity contribution in [1.82, 2.24) is 19.7 Å². The quantitative estimate of drug-likeness (QED) is 0.0857. The molecular weight excluding hydrogens is 675 g/mol. The Morgan fingerprint density at radius 2 is 1.81 bits per heavy atom. The average Bonchev–Trinajstić information content (AvgIpc) is 3.60. The summed E-state index contributed by atoms with van der Waals surface area (Å²) in [7, 11) is -4.78. The maximum absolute atomic E-state index is 15.8. The fraction of sp³-hybridized carbons (Fsp3) is 0.414. The molecule has 0 bridgehead atoms. The van der Waals surface area contributed by atoms with Crippen LogP contribution in [-0.4, -0.2) is 72.2 Å². The highest BCUT2D eigenvalue weighted by molar-refractivity contribution is 7.88. The highest BCUT2D eigenvalue weighted by Crippen LogP contribution is 2.48. The molecule has 1 amide bonds. The van der Waals surface area contributed by atoms with Crippen LogP contribution in [0.25, 0.3) is 32.6 Å². The van der Waals surface area contributed by atoms with Crippen LogP contribution in [0, 0.1) is 11.6 Å². The number of fused-ring (bicyclic) bond motifs is 2. The molecule has 1 aromatic carbocycles. The molecule has 0 fully saturated rings. The molecule has 1 aliphatic heterocycles. The van der Waals surface area contributed by atoms with Gasteiger partial charge in [0.15, 0.2) is 0 Å². The highest BCUT2D eigenvalue weighted by Gasteiger charge is 2.49. The third kappa shape index (κ3) is 6.85. The predicted octanol–water partition coefficient (Wildman–Crippen LogP) is 6.67. The van der Waals surface area contributed by atoms with Gasteiger partial charge in [-0.15, -0.1) is 11.3 Å². The van der Waals surface area contributed by atoms with E-state index in [0.29, 0.717) is 11.8 Å². The lowest BCUT2D eigenvalue weighted by Crippen LogP contribution is -2.43. The summed E-state index contributed by atoms with van der Waals surface area (Å²) < 4.78 is 117. The number of nitrogens with zero attached hydrogens (tertiary/aromatic N) is 4. The molecule has 0 spiro atoms. The largest absolute Gasteiger partial charge is 0.534 e. The minimum Gasteiger partial charge on any atom is -0.490 e. The molecule has 0 unspecified atom stereocenters. The predicted molar refractivity (Wildman–Crippen MR) is 161 cm³/mol. The first kappa shape index (κ1) is 34.3. The summed E-state index contributed by atoms with van der Waals surface area (Å²) in [6.07, 6.45) is -0.586. The molecule has 0 N–H and O–H groups in total. The van der Waals surface area contributed by atoms with E-state index in [1.54, 1.807) is 27.7 Å². The summed E-state index contributed by atoms with van der Waals surface area (Å²) in [5.41, 5.74) is -6.77. The van der Waals surface area contributed by atoms with Crippen LogP contribution < -0.4 is 8.92 Å². The van der Waals surface area contributed by atoms with Crippen molar-refractivity contribution in [2.45, 2.75) is 51.4 Å². The average molecular weight is 705 g/mol. The van der Waals surface area contributed by atoms with E-state index in [4.69, 9.17) is 14.2 Å². The summed E-state index contributed by atoms with van der Waals surface area (Å²) in [4.78, 5) is 18.6. The summed E-state index contributed by atoms with van der Waals surface area (Å²) in [6.45, 7) is 7.17. The smallest absolute Gasteiger partial charge is 0.490 e. The van der Waals surface area contributed by atoms with E-state index >= 15 is 4.39 Å². The molecule has 1 aliphatic rings. The van der Waals surface area contributed by atoms with Gasteiger partial charge < -0.3 is 18.4 Å². The highest BCUT2D eigenvalue weighted by atomic mass is 32.2. The van der Waals surface area contributed by atoms with Crippen molar-refractivity contribution in [1.29, 1.82) is 0 Å². The van der Waals surface area contributed by atoms with Gasteiger partial charge in [0, 0.05) is 31.4 Å². The topological polar surface area (TPSA) is 122 Å². The number of alkyl halides is 3. The van der Waals surface area contributed by atoms with Crippen LogP contribution >= 0.6 is 11.3 Å². The van der Waals surface area contributed by atoms with Gasteiger partial charge in [0.1, 0.15) is 41.0 Å². The van der Waals surface area contributed by atoms with Crippen LogP contribution in [0.5, 0.6) is 11.6 Å². The summed E-state index contributed by atoms with van der Waals surface area (Å²) in [5.74, 6) is -3.28. The number of halogens is 5. The zero-order valence-electron chi connectivity index (χ0n) is 25.6. The van der Waals surface area contributed by atoms with Crippen LogP contribution in [-0.2, 0) is 26.1 Å².